The normalized spacial score (nSPS) is 38.0. The Kier molecular flexibility index (Phi) is 1.27. The fourth-order valence-corrected chi connectivity index (χ4v) is 1.59. The molecule has 0 spiro atoms. The van der Waals surface area contributed by atoms with Crippen LogP contribution in [0.25, 0.3) is 0 Å². The fourth-order valence-electron chi connectivity index (χ4n) is 0.888. The van der Waals surface area contributed by atoms with Gasteiger partial charge in [-0.1, -0.05) is 0 Å². The van der Waals surface area contributed by atoms with Crippen molar-refractivity contribution < 1.29 is 8.81 Å². The lowest BCUT2D eigenvalue weighted by Crippen LogP contribution is -1.89. The van der Waals surface area contributed by atoms with E-state index in [1.54, 1.807) is 28.8 Å². The highest BCUT2D eigenvalue weighted by Gasteiger charge is 2.57. The van der Waals surface area contributed by atoms with Gasteiger partial charge in [0, 0.05) is 6.42 Å². The van der Waals surface area contributed by atoms with Crippen LogP contribution in [0.3, 0.4) is 0 Å². The summed E-state index contributed by atoms with van der Waals surface area (Å²) in [6, 6.07) is 0. The first-order chi connectivity index (χ1) is 4.70. The van der Waals surface area contributed by atoms with Crippen molar-refractivity contribution in [1.82, 2.24) is 4.98 Å². The van der Waals surface area contributed by atoms with Crippen LogP contribution in [0.4, 0.5) is 4.39 Å². The Bertz CT molecular complexity index is 234. The van der Waals surface area contributed by atoms with Crippen LogP contribution in [0.1, 0.15) is 18.2 Å². The summed E-state index contributed by atoms with van der Waals surface area (Å²) >= 11 is 1.79. The molecule has 10 heavy (non-hydrogen) atoms. The van der Waals surface area contributed by atoms with Gasteiger partial charge in [-0.25, -0.2) is 9.37 Å². The molecule has 0 aromatic carbocycles. The number of hydrogen-bond donors (Lipinski definition) is 0. The van der Waals surface area contributed by atoms with Gasteiger partial charge in [-0.2, -0.15) is 0 Å². The molecule has 1 aromatic rings. The van der Waals surface area contributed by atoms with Gasteiger partial charge < -0.3 is 4.42 Å². The maximum atomic E-state index is 12.9. The lowest BCUT2D eigenvalue weighted by atomic mass is 10.4. The summed E-state index contributed by atoms with van der Waals surface area (Å²) < 4.78 is 16.8. The zero-order valence-electron chi connectivity index (χ0n) is 5.05. The number of alkyl halides is 2. The highest BCUT2D eigenvalue weighted by molar-refractivity contribution is 14.1. The van der Waals surface area contributed by atoms with E-state index >= 15 is 0 Å². The number of nitrogens with zero attached hydrogens (tertiary/aromatic N) is 1. The molecule has 1 aliphatic rings. The van der Waals surface area contributed by atoms with Gasteiger partial charge in [-0.3, -0.25) is 0 Å². The van der Waals surface area contributed by atoms with Crippen LogP contribution in [0.15, 0.2) is 16.9 Å². The van der Waals surface area contributed by atoms with Crippen LogP contribution in [0.2, 0.25) is 0 Å². The van der Waals surface area contributed by atoms with Gasteiger partial charge in [-0.15, -0.1) is 0 Å². The average molecular weight is 253 g/mol. The van der Waals surface area contributed by atoms with Gasteiger partial charge >= 0.3 is 0 Å². The third kappa shape index (κ3) is 0.941. The molecule has 4 heteroatoms. The van der Waals surface area contributed by atoms with Gasteiger partial charge in [0.15, 0.2) is 3.68 Å². The monoisotopic (exact) mass is 253 g/mol. The van der Waals surface area contributed by atoms with Gasteiger partial charge in [0.2, 0.25) is 5.89 Å². The molecule has 2 nitrogen and oxygen atoms in total. The smallest absolute Gasteiger partial charge is 0.201 e. The lowest BCUT2D eigenvalue weighted by Gasteiger charge is -1.90. The molecule has 0 saturated heterocycles. The molecule has 0 aliphatic heterocycles. The second-order valence-corrected chi connectivity index (χ2v) is 4.18. The van der Waals surface area contributed by atoms with E-state index in [0.717, 1.165) is 0 Å². The molecule has 1 aliphatic carbocycles. The first kappa shape index (κ1) is 6.57. The van der Waals surface area contributed by atoms with Crippen LogP contribution in [-0.2, 0) is 0 Å². The predicted octanol–water partition coefficient (Wildman–Crippen LogP) is 2.26. The SMILES string of the molecule is FC1(I)CC1c1ncco1. The molecule has 0 N–H and O–H groups in total. The molecular weight excluding hydrogens is 248 g/mol. The summed E-state index contributed by atoms with van der Waals surface area (Å²) in [7, 11) is 0. The van der Waals surface area contributed by atoms with Gasteiger partial charge in [0.05, 0.1) is 12.1 Å². The summed E-state index contributed by atoms with van der Waals surface area (Å²) in [5.74, 6) is 0.417. The number of halogens is 2. The molecule has 54 valence electrons. The molecule has 2 rings (SSSR count). The van der Waals surface area contributed by atoms with Crippen LogP contribution < -0.4 is 0 Å². The van der Waals surface area contributed by atoms with Crippen molar-refractivity contribution in [2.24, 2.45) is 0 Å². The Morgan fingerprint density at radius 1 is 1.90 bits per heavy atom. The number of aromatic nitrogens is 1. The molecule has 1 saturated carbocycles. The maximum Gasteiger partial charge on any atom is 0.201 e. The summed E-state index contributed by atoms with van der Waals surface area (Å²) in [5, 5.41) is 0. The Morgan fingerprint density at radius 3 is 3.00 bits per heavy atom. The third-order valence-electron chi connectivity index (χ3n) is 1.58. The minimum atomic E-state index is -1.09. The zero-order valence-corrected chi connectivity index (χ0v) is 7.21. The lowest BCUT2D eigenvalue weighted by molar-refractivity contribution is 0.416. The molecule has 1 aromatic heterocycles. The molecular formula is C6H5FINO. The highest BCUT2D eigenvalue weighted by Crippen LogP contribution is 2.58. The fraction of sp³-hybridized carbons (Fsp3) is 0.500. The van der Waals surface area contributed by atoms with E-state index in [2.05, 4.69) is 4.98 Å². The van der Waals surface area contributed by atoms with Gasteiger partial charge in [0.1, 0.15) is 6.26 Å². The van der Waals surface area contributed by atoms with Crippen LogP contribution in [0.5, 0.6) is 0 Å². The Balaban J connectivity index is 2.19. The Hall–Kier alpha value is -0.130. The standard InChI is InChI=1S/C6H5FINO/c7-6(8)3-4(6)5-9-1-2-10-5/h1-2,4H,3H2. The molecule has 0 radical (unpaired) electrons. The predicted molar refractivity (Wildman–Crippen MR) is 41.7 cm³/mol. The van der Waals surface area contributed by atoms with Crippen molar-refractivity contribution in [2.75, 3.05) is 0 Å². The van der Waals surface area contributed by atoms with Crippen LogP contribution >= 0.6 is 22.6 Å². The van der Waals surface area contributed by atoms with E-state index in [1.165, 1.54) is 6.26 Å². The summed E-state index contributed by atoms with van der Waals surface area (Å²) in [4.78, 5) is 3.86. The summed E-state index contributed by atoms with van der Waals surface area (Å²) in [6.07, 6.45) is 3.55. The van der Waals surface area contributed by atoms with Gasteiger partial charge in [0.25, 0.3) is 0 Å². The minimum absolute atomic E-state index is 0.108. The molecule has 0 bridgehead atoms. The third-order valence-corrected chi connectivity index (χ3v) is 2.77. The van der Waals surface area contributed by atoms with E-state index in [1.807, 2.05) is 0 Å². The van der Waals surface area contributed by atoms with Crippen molar-refractivity contribution in [3.8, 4) is 0 Å². The Labute approximate surface area is 71.0 Å². The first-order valence-electron chi connectivity index (χ1n) is 2.97. The molecule has 0 amide bonds. The van der Waals surface area contributed by atoms with Crippen molar-refractivity contribution in [2.45, 2.75) is 16.0 Å². The van der Waals surface area contributed by atoms with Crippen molar-refractivity contribution in [1.29, 1.82) is 0 Å². The zero-order chi connectivity index (χ0) is 7.19. The first-order valence-corrected chi connectivity index (χ1v) is 4.05. The van der Waals surface area contributed by atoms with Crippen LogP contribution in [-0.4, -0.2) is 8.66 Å². The minimum Gasteiger partial charge on any atom is -0.449 e. The van der Waals surface area contributed by atoms with E-state index in [9.17, 15) is 4.39 Å². The molecule has 2 unspecified atom stereocenters. The topological polar surface area (TPSA) is 26.0 Å². The van der Waals surface area contributed by atoms with E-state index in [0.29, 0.717) is 12.3 Å². The number of hydrogen-bond acceptors (Lipinski definition) is 2. The van der Waals surface area contributed by atoms with Crippen LogP contribution in [0, 0.1) is 0 Å². The second kappa shape index (κ2) is 1.93. The van der Waals surface area contributed by atoms with E-state index < -0.39 is 3.68 Å². The summed E-state index contributed by atoms with van der Waals surface area (Å²) in [6.45, 7) is 0. The number of oxazole rings is 1. The van der Waals surface area contributed by atoms with Crippen molar-refractivity contribution in [3.05, 3.63) is 18.4 Å². The van der Waals surface area contributed by atoms with Gasteiger partial charge in [-0.05, 0) is 22.6 Å². The quantitative estimate of drug-likeness (QED) is 0.566. The Morgan fingerprint density at radius 2 is 2.60 bits per heavy atom. The van der Waals surface area contributed by atoms with E-state index in [-0.39, 0.29) is 5.92 Å². The molecule has 1 fully saturated rings. The maximum absolute atomic E-state index is 12.9. The molecule has 1 heterocycles. The summed E-state index contributed by atoms with van der Waals surface area (Å²) in [5.41, 5.74) is 0. The largest absolute Gasteiger partial charge is 0.449 e. The highest BCUT2D eigenvalue weighted by atomic mass is 127. The number of rotatable bonds is 1. The average Bonchev–Trinajstić information content (AvgIpc) is 2.31. The second-order valence-electron chi connectivity index (χ2n) is 2.39. The van der Waals surface area contributed by atoms with Crippen molar-refractivity contribution >= 4 is 22.6 Å². The van der Waals surface area contributed by atoms with Crippen molar-refractivity contribution in [3.63, 3.8) is 0 Å². The molecule has 2 atom stereocenters. The van der Waals surface area contributed by atoms with E-state index in [4.69, 9.17) is 4.42 Å².